The van der Waals surface area contributed by atoms with Crippen molar-refractivity contribution in [2.24, 2.45) is 0 Å². The Morgan fingerprint density at radius 3 is 2.27 bits per heavy atom. The summed E-state index contributed by atoms with van der Waals surface area (Å²) in [5.41, 5.74) is 0.465. The molecule has 15 heavy (non-hydrogen) atoms. The first-order chi connectivity index (χ1) is 7.13. The molecule has 0 bridgehead atoms. The molecule has 0 aliphatic heterocycles. The fourth-order valence-electron chi connectivity index (χ4n) is 1.18. The molecule has 0 fully saturated rings. The first-order valence-electron chi connectivity index (χ1n) is 4.13. The average Bonchev–Trinajstić information content (AvgIpc) is 2.26. The number of hydrogen-bond donors (Lipinski definition) is 0. The highest BCUT2D eigenvalue weighted by atomic mass is 79.9. The van der Waals surface area contributed by atoms with Gasteiger partial charge in [-0.15, -0.1) is 11.8 Å². The van der Waals surface area contributed by atoms with Crippen LogP contribution < -0.4 is 9.47 Å². The first kappa shape index (κ1) is 12.4. The Morgan fingerprint density at radius 1 is 1.27 bits per heavy atom. The van der Waals surface area contributed by atoms with Crippen molar-refractivity contribution in [2.45, 2.75) is 4.90 Å². The molecular formula is C10H11BrO3S. The van der Waals surface area contributed by atoms with Gasteiger partial charge in [0.1, 0.15) is 11.5 Å². The summed E-state index contributed by atoms with van der Waals surface area (Å²) in [6.45, 7) is 0. The molecule has 0 N–H and O–H groups in total. The van der Waals surface area contributed by atoms with Gasteiger partial charge >= 0.3 is 0 Å². The van der Waals surface area contributed by atoms with Crippen molar-refractivity contribution in [3.63, 3.8) is 0 Å². The smallest absolute Gasteiger partial charge is 0.231 e. The Labute approximate surface area is 101 Å². The zero-order valence-corrected chi connectivity index (χ0v) is 11.1. The van der Waals surface area contributed by atoms with E-state index >= 15 is 0 Å². The van der Waals surface area contributed by atoms with Crippen LogP contribution in [0.5, 0.6) is 11.5 Å². The molecule has 5 heteroatoms. The molecule has 0 aliphatic carbocycles. The maximum atomic E-state index is 11.3. The van der Waals surface area contributed by atoms with Crippen LogP contribution in [-0.4, -0.2) is 25.2 Å². The Hall–Kier alpha value is -0.680. The van der Waals surface area contributed by atoms with Gasteiger partial charge in [-0.05, 0) is 34.3 Å². The van der Waals surface area contributed by atoms with Gasteiger partial charge in [0.15, 0.2) is 0 Å². The molecule has 0 unspecified atom stereocenters. The van der Waals surface area contributed by atoms with Crippen molar-refractivity contribution in [1.29, 1.82) is 0 Å². The first-order valence-corrected chi connectivity index (χ1v) is 6.15. The maximum absolute atomic E-state index is 11.3. The normalized spacial score (nSPS) is 9.87. The van der Waals surface area contributed by atoms with E-state index in [0.717, 1.165) is 4.90 Å². The molecule has 3 nitrogen and oxygen atoms in total. The van der Waals surface area contributed by atoms with E-state index < -0.39 is 0 Å². The summed E-state index contributed by atoms with van der Waals surface area (Å²) in [4.78, 5) is 12.2. The minimum atomic E-state index is -0.217. The van der Waals surface area contributed by atoms with E-state index in [9.17, 15) is 4.79 Å². The van der Waals surface area contributed by atoms with E-state index in [1.54, 1.807) is 19.2 Å². The van der Waals surface area contributed by atoms with E-state index in [1.807, 2.05) is 6.26 Å². The third-order valence-corrected chi connectivity index (χ3v) is 3.10. The average molecular weight is 291 g/mol. The lowest BCUT2D eigenvalue weighted by Gasteiger charge is -2.11. The van der Waals surface area contributed by atoms with Crippen LogP contribution in [0, 0.1) is 0 Å². The highest BCUT2D eigenvalue weighted by Gasteiger charge is 2.14. The summed E-state index contributed by atoms with van der Waals surface area (Å²) < 4.78 is 10.1. The van der Waals surface area contributed by atoms with Gasteiger partial charge in [0, 0.05) is 0 Å². The second-order valence-corrected chi connectivity index (χ2v) is 4.25. The Morgan fingerprint density at radius 2 is 1.87 bits per heavy atom. The second-order valence-electron chi connectivity index (χ2n) is 2.68. The zero-order chi connectivity index (χ0) is 11.4. The molecule has 1 aromatic rings. The van der Waals surface area contributed by atoms with Crippen molar-refractivity contribution < 1.29 is 14.3 Å². The van der Waals surface area contributed by atoms with Crippen LogP contribution in [-0.2, 0) is 0 Å². The van der Waals surface area contributed by atoms with Gasteiger partial charge in [0.25, 0.3) is 0 Å². The van der Waals surface area contributed by atoms with Gasteiger partial charge in [0.05, 0.1) is 24.7 Å². The van der Waals surface area contributed by atoms with Crippen molar-refractivity contribution in [3.8, 4) is 11.5 Å². The van der Waals surface area contributed by atoms with E-state index in [0.29, 0.717) is 17.1 Å². The quantitative estimate of drug-likeness (QED) is 0.631. The lowest BCUT2D eigenvalue weighted by molar-refractivity contribution is 0.109. The Bertz CT molecular complexity index is 379. The van der Waals surface area contributed by atoms with Crippen LogP contribution in [0.1, 0.15) is 10.4 Å². The Balaban J connectivity index is 3.34. The molecule has 1 aromatic carbocycles. The summed E-state index contributed by atoms with van der Waals surface area (Å²) in [5.74, 6) is 1.22. The van der Waals surface area contributed by atoms with Crippen LogP contribution in [0.2, 0.25) is 0 Å². The fraction of sp³-hybridized carbons (Fsp3) is 0.300. The lowest BCUT2D eigenvalue weighted by Crippen LogP contribution is -1.97. The number of ether oxygens (including phenoxy) is 2. The molecule has 0 spiro atoms. The molecule has 0 aliphatic rings. The summed E-state index contributed by atoms with van der Waals surface area (Å²) >= 11 is 4.44. The number of carbonyl (C=O) groups excluding carboxylic acids is 1. The number of benzene rings is 1. The van der Waals surface area contributed by atoms with E-state index in [2.05, 4.69) is 15.9 Å². The molecule has 0 saturated carbocycles. The number of carbonyl (C=O) groups is 1. The van der Waals surface area contributed by atoms with Crippen LogP contribution >= 0.6 is 27.7 Å². The predicted octanol–water partition coefficient (Wildman–Crippen LogP) is 2.96. The van der Waals surface area contributed by atoms with Gasteiger partial charge in [0.2, 0.25) is 4.69 Å². The SMILES string of the molecule is COc1cc(C(=O)Br)c(OC)cc1SC. The number of methoxy groups -OCH3 is 2. The van der Waals surface area contributed by atoms with Crippen molar-refractivity contribution in [3.05, 3.63) is 17.7 Å². The number of hydrogen-bond acceptors (Lipinski definition) is 4. The van der Waals surface area contributed by atoms with E-state index in [-0.39, 0.29) is 4.69 Å². The van der Waals surface area contributed by atoms with Crippen LogP contribution in [0.3, 0.4) is 0 Å². The van der Waals surface area contributed by atoms with Crippen LogP contribution in [0.25, 0.3) is 0 Å². The lowest BCUT2D eigenvalue weighted by atomic mass is 10.2. The van der Waals surface area contributed by atoms with E-state index in [4.69, 9.17) is 9.47 Å². The highest BCUT2D eigenvalue weighted by Crippen LogP contribution is 2.35. The van der Waals surface area contributed by atoms with Gasteiger partial charge in [-0.1, -0.05) is 0 Å². The molecule has 0 atom stereocenters. The van der Waals surface area contributed by atoms with Crippen molar-refractivity contribution in [2.75, 3.05) is 20.5 Å². The standard InChI is InChI=1S/C10H11BrO3S/c1-13-7-5-9(15-3)8(14-2)4-6(7)10(11)12/h4-5H,1-3H3. The summed E-state index contributed by atoms with van der Waals surface area (Å²) in [6.07, 6.45) is 1.94. The van der Waals surface area contributed by atoms with Gasteiger partial charge in [-0.25, -0.2) is 0 Å². The minimum Gasteiger partial charge on any atom is -0.496 e. The second kappa shape index (κ2) is 5.42. The van der Waals surface area contributed by atoms with Crippen LogP contribution in [0.15, 0.2) is 17.0 Å². The monoisotopic (exact) mass is 290 g/mol. The van der Waals surface area contributed by atoms with Gasteiger partial charge < -0.3 is 9.47 Å². The van der Waals surface area contributed by atoms with Gasteiger partial charge in [-0.3, -0.25) is 4.79 Å². The predicted molar refractivity (Wildman–Crippen MR) is 64.6 cm³/mol. The minimum absolute atomic E-state index is 0.217. The molecular weight excluding hydrogens is 280 g/mol. The topological polar surface area (TPSA) is 35.5 Å². The molecule has 0 amide bonds. The third kappa shape index (κ3) is 2.66. The molecule has 0 saturated heterocycles. The summed E-state index contributed by atoms with van der Waals surface area (Å²) in [5, 5.41) is 0. The van der Waals surface area contributed by atoms with E-state index in [1.165, 1.54) is 18.9 Å². The van der Waals surface area contributed by atoms with Crippen molar-refractivity contribution in [1.82, 2.24) is 0 Å². The zero-order valence-electron chi connectivity index (χ0n) is 8.67. The summed E-state index contributed by atoms with van der Waals surface area (Å²) in [6, 6.07) is 3.46. The number of thioether (sulfide) groups is 1. The number of rotatable bonds is 4. The number of halogens is 1. The van der Waals surface area contributed by atoms with Crippen molar-refractivity contribution >= 4 is 32.4 Å². The molecule has 0 radical (unpaired) electrons. The molecule has 0 aromatic heterocycles. The van der Waals surface area contributed by atoms with Gasteiger partial charge in [-0.2, -0.15) is 0 Å². The highest BCUT2D eigenvalue weighted by molar-refractivity contribution is 9.18. The van der Waals surface area contributed by atoms with Crippen LogP contribution in [0.4, 0.5) is 0 Å². The molecule has 82 valence electrons. The molecule has 0 heterocycles. The summed E-state index contributed by atoms with van der Waals surface area (Å²) in [7, 11) is 3.11. The largest absolute Gasteiger partial charge is 0.496 e. The molecule has 1 rings (SSSR count). The Kier molecular flexibility index (Phi) is 4.47. The maximum Gasteiger partial charge on any atom is 0.231 e. The fourth-order valence-corrected chi connectivity index (χ4v) is 2.06. The third-order valence-electron chi connectivity index (χ3n) is 1.92.